The molecular weight excluding hydrogens is 372 g/mol. The molecule has 0 aliphatic heterocycles. The van der Waals surface area contributed by atoms with E-state index in [9.17, 15) is 28.2 Å². The summed E-state index contributed by atoms with van der Waals surface area (Å²) in [6, 6.07) is 11.2. The largest absolute Gasteiger partial charge is 0.508 e. The number of aromatic hydroxyl groups is 2. The summed E-state index contributed by atoms with van der Waals surface area (Å²) in [5.74, 6) is -0.853. The smallest absolute Gasteiger partial charge is 0.271 e. The van der Waals surface area contributed by atoms with E-state index in [1.54, 1.807) is 12.1 Å². The van der Waals surface area contributed by atoms with Crippen LogP contribution >= 0.6 is 0 Å². The van der Waals surface area contributed by atoms with E-state index >= 15 is 0 Å². The Hall–Kier alpha value is -3.59. The summed E-state index contributed by atoms with van der Waals surface area (Å²) in [5, 5.41) is 20.4. The lowest BCUT2D eigenvalue weighted by molar-refractivity contribution is 0.462. The van der Waals surface area contributed by atoms with Crippen LogP contribution in [0.5, 0.6) is 11.5 Å². The fraction of sp³-hybridized carbons (Fsp3) is 0. The molecule has 27 heavy (non-hydrogen) atoms. The summed E-state index contributed by atoms with van der Waals surface area (Å²) in [4.78, 5) is 27.9. The van der Waals surface area contributed by atoms with Gasteiger partial charge in [-0.25, -0.2) is 8.42 Å². The van der Waals surface area contributed by atoms with Gasteiger partial charge in [-0.15, -0.1) is 0 Å². The highest BCUT2D eigenvalue weighted by Crippen LogP contribution is 2.31. The maximum Gasteiger partial charge on any atom is 0.271 e. The van der Waals surface area contributed by atoms with Crippen molar-refractivity contribution in [3.05, 3.63) is 69.2 Å². The number of aromatic amines is 2. The van der Waals surface area contributed by atoms with Crippen LogP contribution in [0.1, 0.15) is 0 Å². The Labute approximate surface area is 151 Å². The molecule has 0 radical (unpaired) electrons. The van der Waals surface area contributed by atoms with Gasteiger partial charge in [-0.3, -0.25) is 9.59 Å². The zero-order valence-corrected chi connectivity index (χ0v) is 14.4. The van der Waals surface area contributed by atoms with Gasteiger partial charge in [-0.1, -0.05) is 12.1 Å². The number of benzene rings is 2. The van der Waals surface area contributed by atoms with Crippen LogP contribution in [0.3, 0.4) is 0 Å². The van der Waals surface area contributed by atoms with Gasteiger partial charge in [0.2, 0.25) is 9.84 Å². The minimum atomic E-state index is -4.65. The summed E-state index contributed by atoms with van der Waals surface area (Å²) in [6.45, 7) is 0. The average Bonchev–Trinajstić information content (AvgIpc) is 2.61. The fourth-order valence-electron chi connectivity index (χ4n) is 2.94. The van der Waals surface area contributed by atoms with Gasteiger partial charge in [-0.05, 0) is 36.4 Å². The molecule has 2 aromatic heterocycles. The number of fused-ring (bicyclic) bond motifs is 2. The van der Waals surface area contributed by atoms with E-state index in [4.69, 9.17) is 0 Å². The molecule has 0 saturated heterocycles. The van der Waals surface area contributed by atoms with Crippen molar-refractivity contribution in [1.29, 1.82) is 0 Å². The third-order valence-electron chi connectivity index (χ3n) is 4.20. The zero-order valence-electron chi connectivity index (χ0n) is 13.6. The maximum absolute atomic E-state index is 13.0. The number of hydrogen-bond donors (Lipinski definition) is 4. The molecule has 0 aliphatic carbocycles. The highest BCUT2D eigenvalue weighted by molar-refractivity contribution is 7.91. The highest BCUT2D eigenvalue weighted by Gasteiger charge is 2.30. The molecule has 0 aliphatic rings. The van der Waals surface area contributed by atoms with E-state index in [0.717, 1.165) is 6.07 Å². The Morgan fingerprint density at radius 2 is 1.52 bits per heavy atom. The first-order valence-electron chi connectivity index (χ1n) is 7.74. The minimum absolute atomic E-state index is 0.121. The predicted octanol–water partition coefficient (Wildman–Crippen LogP) is 1.61. The first-order chi connectivity index (χ1) is 12.8. The summed E-state index contributed by atoms with van der Waals surface area (Å²) >= 11 is 0. The van der Waals surface area contributed by atoms with Crippen LogP contribution in [-0.4, -0.2) is 28.6 Å². The summed E-state index contributed by atoms with van der Waals surface area (Å²) < 4.78 is 26.0. The molecule has 0 fully saturated rings. The van der Waals surface area contributed by atoms with Gasteiger partial charge in [0, 0.05) is 16.3 Å². The summed E-state index contributed by atoms with van der Waals surface area (Å²) in [7, 11) is -4.65. The van der Waals surface area contributed by atoms with Gasteiger partial charge in [-0.2, -0.15) is 0 Å². The van der Waals surface area contributed by atoms with Crippen molar-refractivity contribution in [2.45, 2.75) is 9.79 Å². The molecular formula is C18H12N2O6S. The molecule has 0 spiro atoms. The molecule has 2 aromatic carbocycles. The quantitative estimate of drug-likeness (QED) is 0.414. The molecule has 0 atom stereocenters. The van der Waals surface area contributed by atoms with Crippen molar-refractivity contribution in [3.8, 4) is 11.5 Å². The Bertz CT molecular complexity index is 1450. The van der Waals surface area contributed by atoms with Crippen LogP contribution in [0.25, 0.3) is 21.8 Å². The number of aromatic nitrogens is 2. The van der Waals surface area contributed by atoms with E-state index in [2.05, 4.69) is 9.97 Å². The van der Waals surface area contributed by atoms with Crippen LogP contribution in [0.2, 0.25) is 0 Å². The van der Waals surface area contributed by atoms with Gasteiger partial charge in [0.05, 0.1) is 5.52 Å². The number of phenols is 1. The molecule has 4 N–H and O–H groups in total. The lowest BCUT2D eigenvalue weighted by atomic mass is 10.2. The lowest BCUT2D eigenvalue weighted by Crippen LogP contribution is -2.23. The van der Waals surface area contributed by atoms with Crippen LogP contribution in [0.15, 0.2) is 67.9 Å². The van der Waals surface area contributed by atoms with Gasteiger partial charge >= 0.3 is 0 Å². The fourth-order valence-corrected chi connectivity index (χ4v) is 4.40. The van der Waals surface area contributed by atoms with Gasteiger partial charge in [0.1, 0.15) is 16.4 Å². The number of para-hydroxylation sites is 1. The van der Waals surface area contributed by atoms with Crippen molar-refractivity contribution < 1.29 is 18.6 Å². The zero-order chi connectivity index (χ0) is 19.3. The molecule has 9 heteroatoms. The Balaban J connectivity index is 2.07. The van der Waals surface area contributed by atoms with E-state index in [1.165, 1.54) is 30.3 Å². The number of H-pyrrole nitrogens is 2. The number of hydrogen-bond acceptors (Lipinski definition) is 6. The number of rotatable bonds is 2. The molecule has 0 amide bonds. The molecule has 4 rings (SSSR count). The van der Waals surface area contributed by atoms with Crippen LogP contribution in [-0.2, 0) is 9.84 Å². The Morgan fingerprint density at radius 3 is 2.30 bits per heavy atom. The van der Waals surface area contributed by atoms with E-state index in [-0.39, 0.29) is 22.0 Å². The number of phenolic OH excluding ortho intramolecular Hbond substituents is 1. The topological polar surface area (TPSA) is 140 Å². The van der Waals surface area contributed by atoms with Gasteiger partial charge in [0.15, 0.2) is 4.90 Å². The predicted molar refractivity (Wildman–Crippen MR) is 97.9 cm³/mol. The van der Waals surface area contributed by atoms with Crippen molar-refractivity contribution in [3.63, 3.8) is 0 Å². The average molecular weight is 384 g/mol. The molecule has 2 heterocycles. The molecule has 0 unspecified atom stereocenters. The van der Waals surface area contributed by atoms with Crippen LogP contribution < -0.4 is 11.1 Å². The SMILES string of the molecule is O=c1[nH]c2ccc(O)cc2cc1S(=O)(=O)c1c(O)c2ccccc2[nH]c1=O. The van der Waals surface area contributed by atoms with Gasteiger partial charge < -0.3 is 20.2 Å². The molecule has 0 saturated carbocycles. The van der Waals surface area contributed by atoms with E-state index in [1.807, 2.05) is 0 Å². The lowest BCUT2D eigenvalue weighted by Gasteiger charge is -2.09. The Morgan fingerprint density at radius 1 is 0.815 bits per heavy atom. The van der Waals surface area contributed by atoms with Crippen molar-refractivity contribution in [2.24, 2.45) is 0 Å². The number of pyridine rings is 2. The van der Waals surface area contributed by atoms with Crippen LogP contribution in [0, 0.1) is 0 Å². The molecule has 136 valence electrons. The minimum Gasteiger partial charge on any atom is -0.508 e. The third kappa shape index (κ3) is 2.56. The summed E-state index contributed by atoms with van der Waals surface area (Å²) in [6.07, 6.45) is 0. The summed E-state index contributed by atoms with van der Waals surface area (Å²) in [5.41, 5.74) is -1.41. The van der Waals surface area contributed by atoms with E-state index < -0.39 is 36.5 Å². The first-order valence-corrected chi connectivity index (χ1v) is 9.22. The maximum atomic E-state index is 13.0. The second-order valence-corrected chi connectivity index (χ2v) is 7.77. The normalized spacial score (nSPS) is 11.9. The van der Waals surface area contributed by atoms with Crippen molar-refractivity contribution in [1.82, 2.24) is 9.97 Å². The molecule has 4 aromatic rings. The molecule has 0 bridgehead atoms. The van der Waals surface area contributed by atoms with Crippen molar-refractivity contribution in [2.75, 3.05) is 0 Å². The monoisotopic (exact) mass is 384 g/mol. The third-order valence-corrected chi connectivity index (χ3v) is 6.00. The Kier molecular flexibility index (Phi) is 3.57. The second-order valence-electron chi connectivity index (χ2n) is 5.92. The highest BCUT2D eigenvalue weighted by atomic mass is 32.2. The van der Waals surface area contributed by atoms with Gasteiger partial charge in [0.25, 0.3) is 11.1 Å². The first kappa shape index (κ1) is 16.9. The number of sulfone groups is 1. The number of nitrogens with one attached hydrogen (secondary N) is 2. The molecule has 8 nitrogen and oxygen atoms in total. The van der Waals surface area contributed by atoms with Crippen molar-refractivity contribution >= 4 is 31.6 Å². The van der Waals surface area contributed by atoms with E-state index in [0.29, 0.717) is 5.52 Å². The van der Waals surface area contributed by atoms with Crippen LogP contribution in [0.4, 0.5) is 0 Å². The standard InChI is InChI=1S/C18H12N2O6S/c21-10-5-6-12-9(7-10)8-14(17(23)19-12)27(25,26)16-15(22)11-3-1-2-4-13(11)20-18(16)24/h1-8,21H,(H,19,23)(H2,20,22,24). The second kappa shape index (κ2) is 5.71.